The molecule has 3 aliphatic rings. The van der Waals surface area contributed by atoms with Crippen molar-refractivity contribution in [2.45, 2.75) is 40.0 Å². The zero-order chi connectivity index (χ0) is 41.2. The van der Waals surface area contributed by atoms with Gasteiger partial charge >= 0.3 is 0 Å². The fourth-order valence-corrected chi connectivity index (χ4v) is 9.55. The van der Waals surface area contributed by atoms with Crippen molar-refractivity contribution in [1.29, 1.82) is 0 Å². The van der Waals surface area contributed by atoms with Gasteiger partial charge < -0.3 is 4.57 Å². The number of aromatic nitrogens is 1. The normalized spacial score (nSPS) is 17.4. The Labute approximate surface area is 354 Å². The van der Waals surface area contributed by atoms with E-state index in [0.29, 0.717) is 0 Å². The Morgan fingerprint density at radius 1 is 0.617 bits per heavy atom. The molecule has 292 valence electrons. The zero-order valence-electron chi connectivity index (χ0n) is 35.0. The second-order valence-electron chi connectivity index (χ2n) is 15.9. The SMILES string of the molecule is C=C/C(=C\C=C(/C=C)c1cc2ccccc2n1C1=CCCC=C1)c1ccc2c(c1)=C(c1ccc3ccccc3c1)C1=CC=CCC1(C)C=2c1ccc2ccccc2c1.CC. The van der Waals surface area contributed by atoms with Gasteiger partial charge in [0.25, 0.3) is 0 Å². The molecular weight excluding hydrogens is 723 g/mol. The number of fused-ring (bicyclic) bond motifs is 5. The number of hydrogen-bond donors (Lipinski definition) is 0. The molecule has 0 saturated carbocycles. The van der Waals surface area contributed by atoms with Gasteiger partial charge in [-0.05, 0) is 132 Å². The number of hydrogen-bond acceptors (Lipinski definition) is 0. The molecule has 0 fully saturated rings. The monoisotopic (exact) mass is 773 g/mol. The summed E-state index contributed by atoms with van der Waals surface area (Å²) >= 11 is 0. The second kappa shape index (κ2) is 16.4. The molecule has 0 radical (unpaired) electrons. The Morgan fingerprint density at radius 3 is 1.97 bits per heavy atom. The van der Waals surface area contributed by atoms with Crippen molar-refractivity contribution in [2.75, 3.05) is 0 Å². The van der Waals surface area contributed by atoms with E-state index in [-0.39, 0.29) is 5.41 Å². The molecule has 0 aliphatic heterocycles. The quantitative estimate of drug-likeness (QED) is 0.136. The van der Waals surface area contributed by atoms with E-state index < -0.39 is 0 Å². The smallest absolute Gasteiger partial charge is 0.0540 e. The standard InChI is InChI=1S/C57H45N.C2H6/c1-4-39(26-27-40(5-2)54-38-46-21-13-14-25-53(46)58(54)49-22-7-6-8-23-49)45-32-33-50-51(37-45)55(47-30-28-41-17-9-11-19-43(41)35-47)52-24-15-16-34-57(52,3)56(50)48-31-29-42-18-10-12-20-44(42)36-48;1-2/h4-5,7,9-33,35-38H,1-2,6,8,34H2,3H3;1-2H3/b39-26+,40-27+;. The third-order valence-corrected chi connectivity index (χ3v) is 12.4. The first kappa shape index (κ1) is 38.6. The average Bonchev–Trinajstić information content (AvgIpc) is 3.69. The number of allylic oxidation sites excluding steroid dienone is 14. The lowest BCUT2D eigenvalue weighted by atomic mass is 9.62. The molecule has 0 N–H and O–H groups in total. The molecule has 6 aromatic carbocycles. The first-order valence-electron chi connectivity index (χ1n) is 21.4. The first-order valence-corrected chi connectivity index (χ1v) is 21.4. The van der Waals surface area contributed by atoms with Crippen LogP contribution in [0.3, 0.4) is 0 Å². The van der Waals surface area contributed by atoms with Crippen LogP contribution in [0.5, 0.6) is 0 Å². The van der Waals surface area contributed by atoms with Crippen molar-refractivity contribution in [3.05, 3.63) is 246 Å². The molecule has 1 unspecified atom stereocenters. The Morgan fingerprint density at radius 2 is 1.27 bits per heavy atom. The summed E-state index contributed by atoms with van der Waals surface area (Å²) in [6.07, 6.45) is 25.2. The van der Waals surface area contributed by atoms with Gasteiger partial charge in [-0.3, -0.25) is 0 Å². The van der Waals surface area contributed by atoms with Gasteiger partial charge in [0.05, 0.1) is 11.2 Å². The molecule has 0 spiro atoms. The predicted octanol–water partition coefficient (Wildman–Crippen LogP) is 14.3. The third kappa shape index (κ3) is 6.71. The highest BCUT2D eigenvalue weighted by molar-refractivity contribution is 5.97. The second-order valence-corrected chi connectivity index (χ2v) is 15.9. The Kier molecular flexibility index (Phi) is 10.5. The molecule has 1 heteroatoms. The maximum atomic E-state index is 4.35. The van der Waals surface area contributed by atoms with Crippen LogP contribution in [0.2, 0.25) is 0 Å². The molecule has 0 bridgehead atoms. The van der Waals surface area contributed by atoms with Gasteiger partial charge in [0.15, 0.2) is 0 Å². The summed E-state index contributed by atoms with van der Waals surface area (Å²) in [5.74, 6) is 0. The van der Waals surface area contributed by atoms with E-state index >= 15 is 0 Å². The van der Waals surface area contributed by atoms with Crippen LogP contribution < -0.4 is 10.4 Å². The van der Waals surface area contributed by atoms with E-state index in [4.69, 9.17) is 0 Å². The van der Waals surface area contributed by atoms with Gasteiger partial charge in [-0.25, -0.2) is 0 Å². The maximum Gasteiger partial charge on any atom is 0.0540 e. The Hall–Kier alpha value is -6.96. The third-order valence-electron chi connectivity index (χ3n) is 12.4. The highest BCUT2D eigenvalue weighted by Gasteiger charge is 2.39. The predicted molar refractivity (Wildman–Crippen MR) is 261 cm³/mol. The summed E-state index contributed by atoms with van der Waals surface area (Å²) < 4.78 is 2.37. The van der Waals surface area contributed by atoms with E-state index in [2.05, 4.69) is 207 Å². The molecule has 0 amide bonds. The summed E-state index contributed by atoms with van der Waals surface area (Å²) in [7, 11) is 0. The first-order chi connectivity index (χ1) is 29.5. The summed E-state index contributed by atoms with van der Waals surface area (Å²) in [6.45, 7) is 15.1. The number of nitrogens with zero attached hydrogens (tertiary/aromatic N) is 1. The van der Waals surface area contributed by atoms with Gasteiger partial charge in [-0.2, -0.15) is 0 Å². The van der Waals surface area contributed by atoms with Crippen LogP contribution in [0.1, 0.15) is 62.4 Å². The van der Waals surface area contributed by atoms with Crippen LogP contribution in [-0.4, -0.2) is 4.57 Å². The molecule has 1 atom stereocenters. The van der Waals surface area contributed by atoms with Gasteiger partial charge in [-0.1, -0.05) is 192 Å². The zero-order valence-corrected chi connectivity index (χ0v) is 35.0. The van der Waals surface area contributed by atoms with Gasteiger partial charge in [-0.15, -0.1) is 0 Å². The molecule has 3 aliphatic carbocycles. The van der Waals surface area contributed by atoms with E-state index in [1.165, 1.54) is 76.4 Å². The molecule has 7 aromatic rings. The van der Waals surface area contributed by atoms with Crippen LogP contribution in [0.4, 0.5) is 0 Å². The summed E-state index contributed by atoms with van der Waals surface area (Å²) in [4.78, 5) is 0. The lowest BCUT2D eigenvalue weighted by Gasteiger charge is -2.41. The molecule has 1 aromatic heterocycles. The summed E-state index contributed by atoms with van der Waals surface area (Å²) in [6, 6.07) is 49.3. The van der Waals surface area contributed by atoms with Crippen molar-refractivity contribution < 1.29 is 0 Å². The van der Waals surface area contributed by atoms with E-state index in [1.54, 1.807) is 0 Å². The van der Waals surface area contributed by atoms with Crippen molar-refractivity contribution in [3.8, 4) is 0 Å². The van der Waals surface area contributed by atoms with Crippen LogP contribution in [0.25, 0.3) is 60.4 Å². The lowest BCUT2D eigenvalue weighted by Crippen LogP contribution is -2.42. The average molecular weight is 774 g/mol. The minimum atomic E-state index is -0.229. The Bertz CT molecular complexity index is 3180. The van der Waals surface area contributed by atoms with E-state index in [1.807, 2.05) is 26.0 Å². The fourth-order valence-electron chi connectivity index (χ4n) is 9.55. The molecule has 60 heavy (non-hydrogen) atoms. The van der Waals surface area contributed by atoms with Crippen molar-refractivity contribution in [2.24, 2.45) is 5.41 Å². The van der Waals surface area contributed by atoms with Crippen molar-refractivity contribution in [3.63, 3.8) is 0 Å². The fraction of sp³-hybridized carbons (Fsp3) is 0.119. The van der Waals surface area contributed by atoms with Gasteiger partial charge in [0.1, 0.15) is 0 Å². The summed E-state index contributed by atoms with van der Waals surface area (Å²) in [5.41, 5.74) is 13.0. The topological polar surface area (TPSA) is 4.93 Å². The summed E-state index contributed by atoms with van der Waals surface area (Å²) in [5, 5.41) is 8.73. The maximum absolute atomic E-state index is 4.35. The lowest BCUT2D eigenvalue weighted by molar-refractivity contribution is 0.547. The molecule has 0 saturated heterocycles. The van der Waals surface area contributed by atoms with Crippen molar-refractivity contribution in [1.82, 2.24) is 4.57 Å². The van der Waals surface area contributed by atoms with Gasteiger partial charge in [0, 0.05) is 16.5 Å². The molecular formula is C59H51N. The van der Waals surface area contributed by atoms with Crippen LogP contribution in [0, 0.1) is 5.41 Å². The molecule has 1 nitrogen and oxygen atoms in total. The molecule has 1 heterocycles. The largest absolute Gasteiger partial charge is 0.310 e. The highest BCUT2D eigenvalue weighted by atomic mass is 15.0. The number of rotatable bonds is 8. The molecule has 10 rings (SSSR count). The number of benzene rings is 6. The minimum Gasteiger partial charge on any atom is -0.310 e. The highest BCUT2D eigenvalue weighted by Crippen LogP contribution is 2.50. The number of para-hydroxylation sites is 1. The van der Waals surface area contributed by atoms with Crippen molar-refractivity contribution >= 4 is 60.4 Å². The van der Waals surface area contributed by atoms with Crippen LogP contribution in [-0.2, 0) is 0 Å². The Balaban J connectivity index is 0.00000228. The van der Waals surface area contributed by atoms with E-state index in [0.717, 1.165) is 41.7 Å². The minimum absolute atomic E-state index is 0.229. The van der Waals surface area contributed by atoms with Crippen LogP contribution >= 0.6 is 0 Å². The van der Waals surface area contributed by atoms with Gasteiger partial charge in [0.2, 0.25) is 0 Å². The van der Waals surface area contributed by atoms with Crippen LogP contribution in [0.15, 0.2) is 213 Å². The van der Waals surface area contributed by atoms with E-state index in [9.17, 15) is 0 Å².